The Labute approximate surface area is 108 Å². The first-order chi connectivity index (χ1) is 8.75. The van der Waals surface area contributed by atoms with E-state index in [1.807, 2.05) is 17.8 Å². The number of aliphatic hydroxyl groups is 1. The lowest BCUT2D eigenvalue weighted by atomic mass is 10.3. The molecule has 0 bridgehead atoms. The molecule has 5 nitrogen and oxygen atoms in total. The molecule has 1 saturated carbocycles. The van der Waals surface area contributed by atoms with Crippen LogP contribution in [0.2, 0.25) is 0 Å². The van der Waals surface area contributed by atoms with Crippen LogP contribution in [0.3, 0.4) is 0 Å². The van der Waals surface area contributed by atoms with Gasteiger partial charge in [0.25, 0.3) is 0 Å². The number of aromatic nitrogens is 2. The highest BCUT2D eigenvalue weighted by Gasteiger charge is 2.16. The van der Waals surface area contributed by atoms with E-state index < -0.39 is 6.10 Å². The first-order valence-electron chi connectivity index (χ1n) is 6.73. The van der Waals surface area contributed by atoms with Crippen molar-refractivity contribution < 1.29 is 9.84 Å². The van der Waals surface area contributed by atoms with Crippen molar-refractivity contribution in [3.63, 3.8) is 0 Å². The summed E-state index contributed by atoms with van der Waals surface area (Å²) in [5.74, 6) is 0. The SMILES string of the molecule is Cn1nccc1CNCC(O)COC1CCCC1. The maximum absolute atomic E-state index is 9.80. The van der Waals surface area contributed by atoms with Crippen LogP contribution in [0.25, 0.3) is 0 Å². The number of aryl methyl sites for hydroxylation is 1. The molecule has 1 fully saturated rings. The number of nitrogens with one attached hydrogen (secondary N) is 1. The molecule has 102 valence electrons. The first kappa shape index (κ1) is 13.5. The Morgan fingerprint density at radius 1 is 1.56 bits per heavy atom. The molecule has 2 rings (SSSR count). The average Bonchev–Trinajstić information content (AvgIpc) is 2.99. The van der Waals surface area contributed by atoms with Crippen LogP contribution >= 0.6 is 0 Å². The Morgan fingerprint density at radius 3 is 3.00 bits per heavy atom. The van der Waals surface area contributed by atoms with E-state index in [1.165, 1.54) is 12.8 Å². The van der Waals surface area contributed by atoms with Gasteiger partial charge in [-0.25, -0.2) is 0 Å². The summed E-state index contributed by atoms with van der Waals surface area (Å²) in [6.45, 7) is 1.71. The van der Waals surface area contributed by atoms with Gasteiger partial charge in [-0.15, -0.1) is 0 Å². The summed E-state index contributed by atoms with van der Waals surface area (Å²) in [6, 6.07) is 1.97. The smallest absolute Gasteiger partial charge is 0.0897 e. The second-order valence-corrected chi connectivity index (χ2v) is 4.97. The molecule has 2 N–H and O–H groups in total. The van der Waals surface area contributed by atoms with Gasteiger partial charge >= 0.3 is 0 Å². The maximum Gasteiger partial charge on any atom is 0.0897 e. The van der Waals surface area contributed by atoms with E-state index in [1.54, 1.807) is 6.20 Å². The van der Waals surface area contributed by atoms with Crippen molar-refractivity contribution in [3.8, 4) is 0 Å². The summed E-state index contributed by atoms with van der Waals surface area (Å²) < 4.78 is 7.50. The van der Waals surface area contributed by atoms with E-state index in [0.717, 1.165) is 25.1 Å². The van der Waals surface area contributed by atoms with Gasteiger partial charge in [0, 0.05) is 26.3 Å². The Kier molecular flexibility index (Phi) is 5.16. The molecule has 1 aromatic rings. The highest BCUT2D eigenvalue weighted by atomic mass is 16.5. The number of ether oxygens (including phenoxy) is 1. The molecule has 1 heterocycles. The van der Waals surface area contributed by atoms with Gasteiger partial charge in [0.15, 0.2) is 0 Å². The Balaban J connectivity index is 1.57. The second kappa shape index (κ2) is 6.87. The lowest BCUT2D eigenvalue weighted by Gasteiger charge is -2.16. The van der Waals surface area contributed by atoms with E-state index in [0.29, 0.717) is 19.3 Å². The fourth-order valence-electron chi connectivity index (χ4n) is 2.30. The third-order valence-corrected chi connectivity index (χ3v) is 3.44. The summed E-state index contributed by atoms with van der Waals surface area (Å²) in [5, 5.41) is 17.1. The number of hydrogen-bond acceptors (Lipinski definition) is 4. The Morgan fingerprint density at radius 2 is 2.33 bits per heavy atom. The first-order valence-corrected chi connectivity index (χ1v) is 6.73. The Hall–Kier alpha value is -0.910. The number of aliphatic hydroxyl groups excluding tert-OH is 1. The van der Waals surface area contributed by atoms with Gasteiger partial charge in [-0.3, -0.25) is 4.68 Å². The van der Waals surface area contributed by atoms with Crippen molar-refractivity contribution in [2.24, 2.45) is 7.05 Å². The lowest BCUT2D eigenvalue weighted by molar-refractivity contribution is -0.00553. The highest BCUT2D eigenvalue weighted by Crippen LogP contribution is 2.20. The minimum Gasteiger partial charge on any atom is -0.389 e. The van der Waals surface area contributed by atoms with E-state index in [4.69, 9.17) is 4.74 Å². The predicted molar refractivity (Wildman–Crippen MR) is 69.1 cm³/mol. The van der Waals surface area contributed by atoms with Crippen molar-refractivity contribution in [1.82, 2.24) is 15.1 Å². The van der Waals surface area contributed by atoms with E-state index in [9.17, 15) is 5.11 Å². The summed E-state index contributed by atoms with van der Waals surface area (Å²) in [6.07, 6.45) is 6.54. The molecule has 0 saturated heterocycles. The van der Waals surface area contributed by atoms with Crippen molar-refractivity contribution >= 4 is 0 Å². The van der Waals surface area contributed by atoms with Gasteiger partial charge < -0.3 is 15.2 Å². The quantitative estimate of drug-likeness (QED) is 0.755. The molecule has 0 aromatic carbocycles. The summed E-state index contributed by atoms with van der Waals surface area (Å²) in [7, 11) is 1.91. The topological polar surface area (TPSA) is 59.3 Å². The third kappa shape index (κ3) is 4.08. The zero-order valence-electron chi connectivity index (χ0n) is 11.0. The van der Waals surface area contributed by atoms with Gasteiger partial charge in [0.2, 0.25) is 0 Å². The van der Waals surface area contributed by atoms with Crippen LogP contribution in [0.4, 0.5) is 0 Å². The monoisotopic (exact) mass is 253 g/mol. The van der Waals surface area contributed by atoms with Gasteiger partial charge in [-0.1, -0.05) is 12.8 Å². The molecule has 18 heavy (non-hydrogen) atoms. The molecule has 1 unspecified atom stereocenters. The molecule has 1 aromatic heterocycles. The third-order valence-electron chi connectivity index (χ3n) is 3.44. The number of hydrogen-bond donors (Lipinski definition) is 2. The zero-order chi connectivity index (χ0) is 12.8. The normalized spacial score (nSPS) is 18.3. The predicted octanol–water partition coefficient (Wildman–Crippen LogP) is 0.830. The molecule has 0 spiro atoms. The Bertz CT molecular complexity index is 348. The standard InChI is InChI=1S/C13H23N3O2/c1-16-11(6-7-15-16)8-14-9-12(17)10-18-13-4-2-3-5-13/h6-7,12-14,17H,2-5,8-10H2,1H3. The molecule has 0 aliphatic heterocycles. The number of rotatable bonds is 7. The van der Waals surface area contributed by atoms with Crippen LogP contribution in [-0.4, -0.2) is 40.2 Å². The molecule has 0 amide bonds. The minimum atomic E-state index is -0.432. The van der Waals surface area contributed by atoms with E-state index in [2.05, 4.69) is 10.4 Å². The van der Waals surface area contributed by atoms with E-state index >= 15 is 0 Å². The maximum atomic E-state index is 9.80. The average molecular weight is 253 g/mol. The highest BCUT2D eigenvalue weighted by molar-refractivity contribution is 4.99. The van der Waals surface area contributed by atoms with E-state index in [-0.39, 0.29) is 0 Å². The van der Waals surface area contributed by atoms with Crippen LogP contribution < -0.4 is 5.32 Å². The minimum absolute atomic E-state index is 0.372. The van der Waals surface area contributed by atoms with Gasteiger partial charge in [-0.05, 0) is 18.9 Å². The summed E-state index contributed by atoms with van der Waals surface area (Å²) >= 11 is 0. The van der Waals surface area contributed by atoms with Crippen molar-refractivity contribution in [2.75, 3.05) is 13.2 Å². The fourth-order valence-corrected chi connectivity index (χ4v) is 2.30. The van der Waals surface area contributed by atoms with Crippen LogP contribution in [0.5, 0.6) is 0 Å². The van der Waals surface area contributed by atoms with Crippen LogP contribution in [0.15, 0.2) is 12.3 Å². The van der Waals surface area contributed by atoms with Crippen molar-refractivity contribution in [3.05, 3.63) is 18.0 Å². The van der Waals surface area contributed by atoms with Crippen molar-refractivity contribution in [2.45, 2.75) is 44.4 Å². The molecule has 0 radical (unpaired) electrons. The lowest BCUT2D eigenvalue weighted by Crippen LogP contribution is -2.31. The summed E-state index contributed by atoms with van der Waals surface area (Å²) in [5.41, 5.74) is 1.11. The van der Waals surface area contributed by atoms with Crippen molar-refractivity contribution in [1.29, 1.82) is 0 Å². The van der Waals surface area contributed by atoms with Gasteiger partial charge in [0.05, 0.1) is 24.5 Å². The van der Waals surface area contributed by atoms with Gasteiger partial charge in [-0.2, -0.15) is 5.10 Å². The van der Waals surface area contributed by atoms with Crippen LogP contribution in [-0.2, 0) is 18.3 Å². The number of nitrogens with zero attached hydrogens (tertiary/aromatic N) is 2. The van der Waals surface area contributed by atoms with Crippen LogP contribution in [0.1, 0.15) is 31.4 Å². The molecular formula is C13H23N3O2. The molecular weight excluding hydrogens is 230 g/mol. The molecule has 5 heteroatoms. The fraction of sp³-hybridized carbons (Fsp3) is 0.769. The zero-order valence-corrected chi connectivity index (χ0v) is 11.0. The van der Waals surface area contributed by atoms with Gasteiger partial charge in [0.1, 0.15) is 0 Å². The summed E-state index contributed by atoms with van der Waals surface area (Å²) in [4.78, 5) is 0. The largest absolute Gasteiger partial charge is 0.389 e. The van der Waals surface area contributed by atoms with Crippen LogP contribution in [0, 0.1) is 0 Å². The molecule has 1 atom stereocenters. The molecule has 1 aliphatic carbocycles. The second-order valence-electron chi connectivity index (χ2n) is 4.97. The molecule has 1 aliphatic rings.